The van der Waals surface area contributed by atoms with E-state index in [4.69, 9.17) is 0 Å². The van der Waals surface area contributed by atoms with Crippen LogP contribution in [-0.2, 0) is 9.59 Å². The van der Waals surface area contributed by atoms with Gasteiger partial charge in [0.25, 0.3) is 0 Å². The van der Waals surface area contributed by atoms with Crippen LogP contribution in [0.15, 0.2) is 11.8 Å². The molecule has 1 N–H and O–H groups in total. The largest absolute Gasteiger partial charge is 0.376 e. The summed E-state index contributed by atoms with van der Waals surface area (Å²) in [7, 11) is 0. The molecular formula is C22H36N2O2S. The second kappa shape index (κ2) is 7.81. The highest BCUT2D eigenvalue weighted by Gasteiger charge is 2.47. The zero-order valence-electron chi connectivity index (χ0n) is 17.5. The van der Waals surface area contributed by atoms with Crippen LogP contribution >= 0.6 is 12.6 Å². The molecule has 1 aliphatic carbocycles. The van der Waals surface area contributed by atoms with Gasteiger partial charge < -0.3 is 10.2 Å². The van der Waals surface area contributed by atoms with Gasteiger partial charge in [0.2, 0.25) is 5.91 Å². The fourth-order valence-electron chi connectivity index (χ4n) is 4.75. The molecule has 3 rings (SSSR count). The zero-order valence-corrected chi connectivity index (χ0v) is 18.4. The highest BCUT2D eigenvalue weighted by atomic mass is 32.1. The molecule has 1 amide bonds. The molecule has 2 aliphatic heterocycles. The Morgan fingerprint density at radius 3 is 2.63 bits per heavy atom. The lowest BCUT2D eigenvalue weighted by atomic mass is 9.64. The fraction of sp³-hybridized carbons (Fsp3) is 0.818. The van der Waals surface area contributed by atoms with Gasteiger partial charge in [-0.25, -0.2) is 0 Å². The average molecular weight is 393 g/mol. The maximum absolute atomic E-state index is 13.3. The van der Waals surface area contributed by atoms with E-state index in [1.165, 1.54) is 0 Å². The second-order valence-corrected chi connectivity index (χ2v) is 10.4. The summed E-state index contributed by atoms with van der Waals surface area (Å²) < 4.78 is 0. The summed E-state index contributed by atoms with van der Waals surface area (Å²) in [6.45, 7) is 11.8. The van der Waals surface area contributed by atoms with E-state index in [9.17, 15) is 9.59 Å². The molecule has 6 unspecified atom stereocenters. The van der Waals surface area contributed by atoms with Crippen molar-refractivity contribution in [3.8, 4) is 0 Å². The molecule has 4 nitrogen and oxygen atoms in total. The number of ketones is 1. The number of carbonyl (C=O) groups is 2. The van der Waals surface area contributed by atoms with E-state index < -0.39 is 0 Å². The van der Waals surface area contributed by atoms with Crippen molar-refractivity contribution < 1.29 is 9.59 Å². The molecule has 5 heteroatoms. The van der Waals surface area contributed by atoms with Gasteiger partial charge in [0.1, 0.15) is 6.04 Å². The van der Waals surface area contributed by atoms with Crippen molar-refractivity contribution in [1.82, 2.24) is 10.2 Å². The maximum atomic E-state index is 13.3. The number of rotatable bonds is 6. The van der Waals surface area contributed by atoms with Crippen molar-refractivity contribution in [1.29, 1.82) is 0 Å². The Kier molecular flexibility index (Phi) is 6.00. The van der Waals surface area contributed by atoms with Gasteiger partial charge in [-0.3, -0.25) is 9.59 Å². The summed E-state index contributed by atoms with van der Waals surface area (Å²) in [4.78, 5) is 28.1. The number of carbonyl (C=O) groups excluding carboxylic acids is 2. The van der Waals surface area contributed by atoms with Crippen molar-refractivity contribution >= 4 is 24.3 Å². The van der Waals surface area contributed by atoms with Gasteiger partial charge in [0, 0.05) is 18.2 Å². The number of Topliss-reactive ketones (excluding diaryl/α,β-unsaturated/α-hetero) is 1. The van der Waals surface area contributed by atoms with Crippen LogP contribution in [0.4, 0.5) is 0 Å². The predicted molar refractivity (Wildman–Crippen MR) is 113 cm³/mol. The second-order valence-electron chi connectivity index (χ2n) is 9.77. The van der Waals surface area contributed by atoms with Crippen molar-refractivity contribution in [2.45, 2.75) is 84.1 Å². The molecule has 2 fully saturated rings. The lowest BCUT2D eigenvalue weighted by Gasteiger charge is -2.42. The van der Waals surface area contributed by atoms with Gasteiger partial charge >= 0.3 is 0 Å². The summed E-state index contributed by atoms with van der Waals surface area (Å²) in [5.74, 6) is 1.55. The molecule has 1 saturated heterocycles. The highest BCUT2D eigenvalue weighted by Crippen LogP contribution is 2.42. The summed E-state index contributed by atoms with van der Waals surface area (Å²) in [6, 6.07) is -0.571. The van der Waals surface area contributed by atoms with E-state index >= 15 is 0 Å². The number of likely N-dealkylation sites (tertiary alicyclic amines) is 1. The van der Waals surface area contributed by atoms with Crippen LogP contribution in [-0.4, -0.2) is 40.5 Å². The van der Waals surface area contributed by atoms with E-state index in [2.05, 4.69) is 58.6 Å². The summed E-state index contributed by atoms with van der Waals surface area (Å²) in [6.07, 6.45) is 6.81. The molecule has 0 spiro atoms. The normalized spacial score (nSPS) is 36.2. The van der Waals surface area contributed by atoms with Crippen LogP contribution < -0.4 is 5.32 Å². The van der Waals surface area contributed by atoms with E-state index in [0.717, 1.165) is 37.8 Å². The molecule has 0 radical (unpaired) electrons. The molecule has 2 heterocycles. The smallest absolute Gasteiger partial charge is 0.247 e. The van der Waals surface area contributed by atoms with Gasteiger partial charge in [-0.2, -0.15) is 12.6 Å². The predicted octanol–water partition coefficient (Wildman–Crippen LogP) is 3.82. The van der Waals surface area contributed by atoms with E-state index in [0.29, 0.717) is 24.2 Å². The molecule has 0 aromatic heterocycles. The Balaban J connectivity index is 1.64. The lowest BCUT2D eigenvalue weighted by molar-refractivity contribution is -0.143. The molecule has 3 aliphatic rings. The number of hydrogen-bond acceptors (Lipinski definition) is 4. The number of nitrogens with one attached hydrogen (secondary N) is 1. The van der Waals surface area contributed by atoms with Gasteiger partial charge in [0.05, 0.1) is 11.3 Å². The first-order valence-electron chi connectivity index (χ1n) is 10.6. The van der Waals surface area contributed by atoms with Crippen molar-refractivity contribution in [3.63, 3.8) is 0 Å². The lowest BCUT2D eigenvalue weighted by Crippen LogP contribution is -2.54. The Morgan fingerprint density at radius 2 is 2.04 bits per heavy atom. The van der Waals surface area contributed by atoms with Crippen LogP contribution in [0.25, 0.3) is 0 Å². The van der Waals surface area contributed by atoms with Crippen molar-refractivity contribution in [3.05, 3.63) is 11.8 Å². The van der Waals surface area contributed by atoms with Crippen molar-refractivity contribution in [2.24, 2.45) is 23.2 Å². The van der Waals surface area contributed by atoms with Crippen LogP contribution in [0.2, 0.25) is 0 Å². The SMILES string of the molecule is CCC(C)(C)CC1=CC(S)C(C(=O)N2CCCC2C(=O)C2CC(C)C2C)N1. The number of allylic oxidation sites excluding steroid dienone is 1. The first kappa shape index (κ1) is 20.8. The molecule has 0 aromatic carbocycles. The van der Waals surface area contributed by atoms with E-state index in [-0.39, 0.29) is 34.6 Å². The van der Waals surface area contributed by atoms with Gasteiger partial charge in [0.15, 0.2) is 5.78 Å². The standard InChI is InChI=1S/C22H36N2O2S/c1-6-22(4,5)12-15-11-18(27)19(23-15)21(26)24-9-7-8-17(24)20(25)16-10-13(2)14(16)3/h11,13-14,16-19,23,27H,6-10,12H2,1-5H3. The minimum Gasteiger partial charge on any atom is -0.376 e. The summed E-state index contributed by atoms with van der Waals surface area (Å²) in [5.41, 5.74) is 1.32. The summed E-state index contributed by atoms with van der Waals surface area (Å²) in [5, 5.41) is 3.30. The average Bonchev–Trinajstić information content (AvgIpc) is 3.24. The number of nitrogens with zero attached hydrogens (tertiary/aromatic N) is 1. The van der Waals surface area contributed by atoms with Crippen LogP contribution in [0.1, 0.15) is 66.7 Å². The van der Waals surface area contributed by atoms with E-state index in [1.54, 1.807) is 0 Å². The monoisotopic (exact) mass is 392 g/mol. The maximum Gasteiger partial charge on any atom is 0.247 e. The first-order chi connectivity index (χ1) is 12.6. The molecule has 1 saturated carbocycles. The molecule has 6 atom stereocenters. The van der Waals surface area contributed by atoms with Gasteiger partial charge in [-0.1, -0.05) is 47.1 Å². The van der Waals surface area contributed by atoms with Crippen molar-refractivity contribution in [2.75, 3.05) is 6.54 Å². The zero-order chi connectivity index (χ0) is 19.9. The number of amides is 1. The molecular weight excluding hydrogens is 356 g/mol. The van der Waals surface area contributed by atoms with Gasteiger partial charge in [-0.05, 0) is 42.9 Å². The van der Waals surface area contributed by atoms with E-state index in [1.807, 2.05) is 4.90 Å². The Hall–Kier alpha value is -0.970. The molecule has 152 valence electrons. The quantitative estimate of drug-likeness (QED) is 0.676. The van der Waals surface area contributed by atoms with Crippen LogP contribution in [0, 0.1) is 23.2 Å². The Morgan fingerprint density at radius 1 is 1.33 bits per heavy atom. The highest BCUT2D eigenvalue weighted by molar-refractivity contribution is 7.81. The minimum atomic E-state index is -0.345. The topological polar surface area (TPSA) is 49.4 Å². The third kappa shape index (κ3) is 4.08. The van der Waals surface area contributed by atoms with Crippen LogP contribution in [0.3, 0.4) is 0 Å². The van der Waals surface area contributed by atoms with Gasteiger partial charge in [-0.15, -0.1) is 0 Å². The fourth-order valence-corrected chi connectivity index (χ4v) is 5.13. The first-order valence-corrected chi connectivity index (χ1v) is 11.2. The molecule has 0 aromatic rings. The Labute approximate surface area is 169 Å². The molecule has 0 bridgehead atoms. The Bertz CT molecular complexity index is 630. The third-order valence-electron chi connectivity index (χ3n) is 7.33. The third-order valence-corrected chi connectivity index (χ3v) is 7.78. The number of hydrogen-bond donors (Lipinski definition) is 2. The minimum absolute atomic E-state index is 0.0476. The molecule has 27 heavy (non-hydrogen) atoms. The summed E-state index contributed by atoms with van der Waals surface area (Å²) >= 11 is 4.66. The number of thiol groups is 1. The van der Waals surface area contributed by atoms with Crippen LogP contribution in [0.5, 0.6) is 0 Å².